The third kappa shape index (κ3) is 6.87. The zero-order valence-electron chi connectivity index (χ0n) is 29.8. The molecule has 8 rings (SSSR count). The van der Waals surface area contributed by atoms with Crippen LogP contribution in [0.25, 0.3) is 32.0 Å². The van der Waals surface area contributed by atoms with Gasteiger partial charge in [-0.15, -0.1) is 21.5 Å². The average molecular weight is 739 g/mol. The zero-order valence-corrected chi connectivity index (χ0v) is 31.3. The first-order valence-corrected chi connectivity index (χ1v) is 18.6. The number of halogens is 2. The van der Waals surface area contributed by atoms with Gasteiger partial charge < -0.3 is 20.2 Å². The molecule has 52 heavy (non-hydrogen) atoms. The maximum absolute atomic E-state index is 14.3. The van der Waals surface area contributed by atoms with Crippen LogP contribution in [0.15, 0.2) is 53.1 Å². The molecule has 1 amide bonds. The molecule has 3 N–H and O–H groups in total. The van der Waals surface area contributed by atoms with Crippen LogP contribution in [0.5, 0.6) is 5.75 Å². The number of ether oxygens (including phenoxy) is 1. The van der Waals surface area contributed by atoms with Crippen molar-refractivity contribution < 1.29 is 18.3 Å². The Morgan fingerprint density at radius 3 is 2.63 bits per heavy atom. The van der Waals surface area contributed by atoms with Crippen LogP contribution in [0.1, 0.15) is 82.6 Å². The van der Waals surface area contributed by atoms with E-state index in [1.165, 1.54) is 54.9 Å². The maximum Gasteiger partial charge on any atom is 0.251 e. The molecule has 0 radical (unpaired) electrons. The number of amides is 1. The molecule has 2 aliphatic carbocycles. The van der Waals surface area contributed by atoms with Crippen molar-refractivity contribution in [2.75, 3.05) is 12.4 Å². The Morgan fingerprint density at radius 2 is 1.90 bits per heavy atom. The van der Waals surface area contributed by atoms with Crippen LogP contribution >= 0.6 is 22.9 Å². The lowest BCUT2D eigenvalue weighted by molar-refractivity contribution is 0.0999. The molecule has 4 aromatic heterocycles. The van der Waals surface area contributed by atoms with Gasteiger partial charge in [0.05, 0.1) is 40.4 Å². The van der Waals surface area contributed by atoms with Gasteiger partial charge in [0.2, 0.25) is 11.8 Å². The van der Waals surface area contributed by atoms with Gasteiger partial charge in [-0.3, -0.25) is 9.78 Å². The van der Waals surface area contributed by atoms with Gasteiger partial charge in [0.1, 0.15) is 5.82 Å². The Labute approximate surface area is 310 Å². The number of nitrogens with two attached hydrogens (primary N) is 1. The number of aromatic nitrogens is 4. The summed E-state index contributed by atoms with van der Waals surface area (Å²) in [6.07, 6.45) is 7.57. The van der Waals surface area contributed by atoms with Gasteiger partial charge in [-0.2, -0.15) is 0 Å². The summed E-state index contributed by atoms with van der Waals surface area (Å²) >= 11 is 7.32. The first kappa shape index (κ1) is 35.5. The summed E-state index contributed by atoms with van der Waals surface area (Å²) < 4.78 is 26.4. The van der Waals surface area contributed by atoms with Gasteiger partial charge in [0.25, 0.3) is 5.91 Å². The molecule has 1 atom stereocenters. The van der Waals surface area contributed by atoms with Gasteiger partial charge in [-0.25, -0.2) is 9.37 Å². The Hall–Kier alpha value is -4.87. The van der Waals surface area contributed by atoms with E-state index < -0.39 is 5.91 Å². The number of thiophene rings is 1. The number of nitrogens with one attached hydrogen (secondary N) is 1. The Morgan fingerprint density at radius 1 is 1.10 bits per heavy atom. The summed E-state index contributed by atoms with van der Waals surface area (Å²) in [5, 5.41) is 13.7. The summed E-state index contributed by atoms with van der Waals surface area (Å²) in [4.78, 5) is 23.4. The molecule has 4 heterocycles. The molecule has 0 saturated heterocycles. The predicted molar refractivity (Wildman–Crippen MR) is 204 cm³/mol. The van der Waals surface area contributed by atoms with E-state index in [0.717, 1.165) is 37.5 Å². The minimum Gasteiger partial charge on any atom is -0.493 e. The number of carbonyl (C=O) groups excluding carboxylic acids is 1. The van der Waals surface area contributed by atoms with E-state index in [9.17, 15) is 9.18 Å². The highest BCUT2D eigenvalue weighted by atomic mass is 35.5. The Bertz CT molecular complexity index is 2320. The lowest BCUT2D eigenvalue weighted by Gasteiger charge is -2.17. The number of aryl methyl sites for hydroxylation is 4. The van der Waals surface area contributed by atoms with Crippen molar-refractivity contribution in [3.8, 4) is 27.6 Å². The molecule has 2 aliphatic rings. The smallest absolute Gasteiger partial charge is 0.251 e. The van der Waals surface area contributed by atoms with Gasteiger partial charge in [-0.1, -0.05) is 37.6 Å². The Balaban J connectivity index is 0.000000360. The maximum atomic E-state index is 14.3. The minimum atomic E-state index is -0.566. The van der Waals surface area contributed by atoms with Crippen molar-refractivity contribution in [3.63, 3.8) is 0 Å². The number of benzene rings is 2. The fourth-order valence-corrected chi connectivity index (χ4v) is 8.74. The highest BCUT2D eigenvalue weighted by Crippen LogP contribution is 2.46. The molecule has 6 aromatic rings. The van der Waals surface area contributed by atoms with Crippen LogP contribution in [0.3, 0.4) is 0 Å². The lowest BCUT2D eigenvalue weighted by atomic mass is 9.93. The molecule has 0 bridgehead atoms. The number of fused-ring (bicyclic) bond motifs is 3. The van der Waals surface area contributed by atoms with E-state index in [1.54, 1.807) is 13.1 Å². The summed E-state index contributed by atoms with van der Waals surface area (Å²) in [5.74, 6) is 1.02. The van der Waals surface area contributed by atoms with Crippen molar-refractivity contribution in [3.05, 3.63) is 105 Å². The van der Waals surface area contributed by atoms with Crippen LogP contribution in [-0.4, -0.2) is 33.2 Å². The Kier molecular flexibility index (Phi) is 10.00. The molecule has 9 nitrogen and oxygen atoms in total. The SMILES string of the molecule is COc1c(F)ccc2c1CCC2Nc1nccc2cc(-c3c(C(N)=O)c(CC(C)C)nc(C)c3-c3nnc(C)o3)sc12.Clc1ccc2c(c1)CCC2. The third-order valence-electron chi connectivity index (χ3n) is 9.60. The zero-order chi connectivity index (χ0) is 36.7. The number of carbonyl (C=O) groups is 1. The molecule has 0 saturated carbocycles. The van der Waals surface area contributed by atoms with E-state index in [2.05, 4.69) is 46.5 Å². The van der Waals surface area contributed by atoms with E-state index in [1.807, 2.05) is 31.2 Å². The van der Waals surface area contributed by atoms with Crippen molar-refractivity contribution in [2.45, 2.75) is 72.3 Å². The van der Waals surface area contributed by atoms with Crippen LogP contribution < -0.4 is 15.8 Å². The number of pyridine rings is 2. The van der Waals surface area contributed by atoms with Gasteiger partial charge >= 0.3 is 0 Å². The van der Waals surface area contributed by atoms with Crippen LogP contribution in [-0.2, 0) is 25.7 Å². The van der Waals surface area contributed by atoms with Crippen molar-refractivity contribution >= 4 is 44.7 Å². The normalized spacial score (nSPS) is 14.7. The fraction of sp³-hybridized carbons (Fsp3) is 0.325. The van der Waals surface area contributed by atoms with E-state index in [4.69, 9.17) is 31.5 Å². The van der Waals surface area contributed by atoms with Gasteiger partial charge in [0.15, 0.2) is 11.6 Å². The third-order valence-corrected chi connectivity index (χ3v) is 11.0. The van der Waals surface area contributed by atoms with Crippen molar-refractivity contribution in [2.24, 2.45) is 11.7 Å². The second kappa shape index (κ2) is 14.6. The molecular weight excluding hydrogens is 699 g/mol. The highest BCUT2D eigenvalue weighted by molar-refractivity contribution is 7.23. The van der Waals surface area contributed by atoms with E-state index >= 15 is 0 Å². The van der Waals surface area contributed by atoms with E-state index in [0.29, 0.717) is 58.4 Å². The minimum absolute atomic E-state index is 0.0583. The molecule has 12 heteroatoms. The molecule has 268 valence electrons. The molecule has 0 spiro atoms. The summed E-state index contributed by atoms with van der Waals surface area (Å²) in [6.45, 7) is 7.74. The quantitative estimate of drug-likeness (QED) is 0.158. The van der Waals surface area contributed by atoms with Gasteiger partial charge in [0, 0.05) is 34.1 Å². The monoisotopic (exact) mass is 738 g/mol. The summed E-state index contributed by atoms with van der Waals surface area (Å²) in [5.41, 5.74) is 13.7. The first-order chi connectivity index (χ1) is 25.0. The second-order valence-electron chi connectivity index (χ2n) is 13.7. The predicted octanol–water partition coefficient (Wildman–Crippen LogP) is 9.40. The first-order valence-electron chi connectivity index (χ1n) is 17.4. The summed E-state index contributed by atoms with van der Waals surface area (Å²) in [7, 11) is 1.49. The molecule has 1 unspecified atom stereocenters. The van der Waals surface area contributed by atoms with Gasteiger partial charge in [-0.05, 0) is 104 Å². The van der Waals surface area contributed by atoms with Crippen LogP contribution in [0.2, 0.25) is 5.02 Å². The van der Waals surface area contributed by atoms with Crippen molar-refractivity contribution in [1.29, 1.82) is 0 Å². The van der Waals surface area contributed by atoms with Crippen LogP contribution in [0.4, 0.5) is 10.2 Å². The number of primary amides is 1. The number of hydrogen-bond acceptors (Lipinski definition) is 9. The molecular formula is C40H40ClFN6O3S. The number of anilines is 1. The summed E-state index contributed by atoms with van der Waals surface area (Å²) in [6, 6.07) is 13.4. The average Bonchev–Trinajstić information content (AvgIpc) is 3.91. The molecule has 2 aromatic carbocycles. The molecule has 0 aliphatic heterocycles. The number of methoxy groups -OCH3 is 1. The van der Waals surface area contributed by atoms with E-state index in [-0.39, 0.29) is 23.7 Å². The topological polar surface area (TPSA) is 129 Å². The molecule has 0 fully saturated rings. The number of nitrogens with zero attached hydrogens (tertiary/aromatic N) is 4. The number of hydrogen-bond donors (Lipinski definition) is 2. The van der Waals surface area contributed by atoms with Crippen LogP contribution in [0, 0.1) is 25.6 Å². The fourth-order valence-electron chi connectivity index (χ4n) is 7.38. The lowest BCUT2D eigenvalue weighted by Crippen LogP contribution is -2.19. The van der Waals surface area contributed by atoms with Crippen molar-refractivity contribution in [1.82, 2.24) is 20.2 Å². The largest absolute Gasteiger partial charge is 0.493 e. The highest BCUT2D eigenvalue weighted by Gasteiger charge is 2.30. The number of rotatable bonds is 8. The standard InChI is InChI=1S/C31H31FN6O3S.C9H9Cl/c1-14(2)12-22-25(29(33)39)26(24(15(3)35-22)31-38-37-16(4)41-31)23-13-17-10-11-34-30(28(17)42-23)36-21-9-7-19-18(21)6-8-20(32)27(19)40-5;10-9-5-4-7-2-1-3-8(7)6-9/h6,8,10-11,13-14,21H,7,9,12H2,1-5H3,(H2,33,39)(H,34,36);4-6H,1-3H2. The second-order valence-corrected chi connectivity index (χ2v) is 15.2.